The molecule has 2 saturated heterocycles. The van der Waals surface area contributed by atoms with Gasteiger partial charge in [0.2, 0.25) is 17.7 Å². The second-order valence-electron chi connectivity index (χ2n) is 13.1. The largest absolute Gasteiger partial charge is 0.394 e. The SMILES string of the molecule is CC(C)C[C@H](CO)N1C(=O)[C@@H]2[C@H]3C(=O)N(c4ccccc4)CC=C[C@@]3(C)S[C@@]23C=CCN(Cn2nnc4ccccc42)C(=O)C13. The molecule has 4 aliphatic rings. The van der Waals surface area contributed by atoms with Crippen LogP contribution in [0.15, 0.2) is 78.9 Å². The molecule has 0 radical (unpaired) electrons. The summed E-state index contributed by atoms with van der Waals surface area (Å²) < 4.78 is -0.0247. The summed E-state index contributed by atoms with van der Waals surface area (Å²) in [7, 11) is 0. The van der Waals surface area contributed by atoms with Crippen LogP contribution in [0.3, 0.4) is 0 Å². The number of aromatic nitrogens is 3. The van der Waals surface area contributed by atoms with Crippen LogP contribution in [0.4, 0.5) is 5.69 Å². The van der Waals surface area contributed by atoms with E-state index in [1.54, 1.807) is 31.1 Å². The number of aliphatic hydroxyl groups is 1. The summed E-state index contributed by atoms with van der Waals surface area (Å²) in [4.78, 5) is 49.4. The third kappa shape index (κ3) is 4.62. The topological polar surface area (TPSA) is 112 Å². The first-order valence-electron chi connectivity index (χ1n) is 15.6. The maximum Gasteiger partial charge on any atom is 0.248 e. The third-order valence-electron chi connectivity index (χ3n) is 9.72. The van der Waals surface area contributed by atoms with E-state index in [1.807, 2.05) is 93.6 Å². The molecule has 1 aromatic heterocycles. The fourth-order valence-electron chi connectivity index (χ4n) is 7.87. The van der Waals surface area contributed by atoms with Gasteiger partial charge in [-0.3, -0.25) is 14.4 Å². The minimum absolute atomic E-state index is 0.127. The van der Waals surface area contributed by atoms with Crippen molar-refractivity contribution in [2.75, 3.05) is 24.6 Å². The van der Waals surface area contributed by atoms with Gasteiger partial charge in [0.05, 0.1) is 34.7 Å². The second-order valence-corrected chi connectivity index (χ2v) is 14.9. The molecule has 45 heavy (non-hydrogen) atoms. The molecular weight excluding hydrogens is 588 g/mol. The lowest BCUT2D eigenvalue weighted by Gasteiger charge is -2.40. The molecule has 0 saturated carbocycles. The number of rotatable bonds is 7. The van der Waals surface area contributed by atoms with E-state index in [0.29, 0.717) is 19.5 Å². The van der Waals surface area contributed by atoms with Crippen LogP contribution in [0.25, 0.3) is 11.0 Å². The van der Waals surface area contributed by atoms with E-state index >= 15 is 0 Å². The molecule has 6 atom stereocenters. The molecule has 7 rings (SSSR count). The van der Waals surface area contributed by atoms with E-state index < -0.39 is 33.4 Å². The lowest BCUT2D eigenvalue weighted by molar-refractivity contribution is -0.147. The number of carbonyl (C=O) groups excluding carboxylic acids is 3. The standard InChI is InChI=1S/C34H38N6O4S/c1-22(2)19-24(20-41)40-29-32(44)37(21-39-26-14-8-7-13-25(26)35-36-39)17-10-16-34(29)28(31(40)43)27-30(42)38(23-11-5-4-6-12-23)18-9-15-33(27,3)45-34/h4-16,22,24,27-29,41H,17-21H2,1-3H3/t24-,27+,28+,29?,33-,34+/m1/s1. The molecule has 0 aliphatic carbocycles. The number of anilines is 1. The predicted molar refractivity (Wildman–Crippen MR) is 173 cm³/mol. The van der Waals surface area contributed by atoms with Crippen molar-refractivity contribution in [1.82, 2.24) is 24.8 Å². The fourth-order valence-corrected chi connectivity index (χ4v) is 10.0. The Morgan fingerprint density at radius 1 is 0.933 bits per heavy atom. The first-order valence-corrected chi connectivity index (χ1v) is 16.4. The van der Waals surface area contributed by atoms with E-state index in [0.717, 1.165) is 16.7 Å². The molecule has 1 N–H and O–H groups in total. The summed E-state index contributed by atoms with van der Waals surface area (Å²) in [6.45, 7) is 6.70. The van der Waals surface area contributed by atoms with Crippen molar-refractivity contribution in [2.45, 2.75) is 55.4 Å². The molecule has 5 heterocycles. The lowest BCUT2D eigenvalue weighted by Crippen LogP contribution is -2.57. The van der Waals surface area contributed by atoms with Crippen molar-refractivity contribution in [2.24, 2.45) is 17.8 Å². The van der Waals surface area contributed by atoms with Crippen molar-refractivity contribution < 1.29 is 19.5 Å². The Kier molecular flexibility index (Phi) is 7.36. The number of hydrogen-bond acceptors (Lipinski definition) is 7. The fraction of sp³-hybridized carbons (Fsp3) is 0.441. The van der Waals surface area contributed by atoms with Crippen LogP contribution in [0.1, 0.15) is 27.2 Å². The maximum absolute atomic E-state index is 14.9. The average Bonchev–Trinajstić information content (AvgIpc) is 3.56. The van der Waals surface area contributed by atoms with Crippen molar-refractivity contribution in [1.29, 1.82) is 0 Å². The van der Waals surface area contributed by atoms with Gasteiger partial charge in [-0.05, 0) is 43.5 Å². The molecule has 0 bridgehead atoms. The van der Waals surface area contributed by atoms with Gasteiger partial charge < -0.3 is 19.8 Å². The number of fused-ring (bicyclic) bond motifs is 3. The van der Waals surface area contributed by atoms with Crippen LogP contribution in [0.5, 0.6) is 0 Å². The van der Waals surface area contributed by atoms with E-state index in [9.17, 15) is 19.5 Å². The Hall–Kier alpha value is -3.96. The molecule has 10 nitrogen and oxygen atoms in total. The Balaban J connectivity index is 1.33. The van der Waals surface area contributed by atoms with Crippen molar-refractivity contribution in [3.8, 4) is 0 Å². The van der Waals surface area contributed by atoms with Crippen LogP contribution in [-0.4, -0.2) is 88.9 Å². The monoisotopic (exact) mass is 626 g/mol. The van der Waals surface area contributed by atoms with Crippen LogP contribution >= 0.6 is 11.8 Å². The average molecular weight is 627 g/mol. The number of para-hydroxylation sites is 2. The van der Waals surface area contributed by atoms with Crippen LogP contribution in [-0.2, 0) is 21.1 Å². The zero-order valence-electron chi connectivity index (χ0n) is 25.7. The highest BCUT2D eigenvalue weighted by atomic mass is 32.2. The van der Waals surface area contributed by atoms with Gasteiger partial charge in [0.25, 0.3) is 0 Å². The number of aliphatic hydroxyl groups excluding tert-OH is 1. The third-order valence-corrected chi connectivity index (χ3v) is 11.5. The summed E-state index contributed by atoms with van der Waals surface area (Å²) in [5, 5.41) is 19.3. The van der Waals surface area contributed by atoms with E-state index in [1.165, 1.54) is 0 Å². The van der Waals surface area contributed by atoms with Gasteiger partial charge in [-0.1, -0.05) is 73.7 Å². The summed E-state index contributed by atoms with van der Waals surface area (Å²) in [5.74, 6) is -1.91. The second kappa shape index (κ2) is 11.1. The number of likely N-dealkylation sites (tertiary alicyclic amines) is 1. The Bertz CT molecular complexity index is 1710. The van der Waals surface area contributed by atoms with E-state index in [2.05, 4.69) is 16.4 Å². The number of benzene rings is 2. The van der Waals surface area contributed by atoms with Crippen molar-refractivity contribution >= 4 is 46.2 Å². The summed E-state index contributed by atoms with van der Waals surface area (Å²) in [6, 6.07) is 15.6. The van der Waals surface area contributed by atoms with Gasteiger partial charge in [0.1, 0.15) is 18.2 Å². The molecule has 234 valence electrons. The predicted octanol–water partition coefficient (Wildman–Crippen LogP) is 3.48. The normalized spacial score (nSPS) is 30.1. The van der Waals surface area contributed by atoms with Crippen LogP contribution < -0.4 is 4.90 Å². The Morgan fingerprint density at radius 3 is 2.42 bits per heavy atom. The zero-order chi connectivity index (χ0) is 31.5. The van der Waals surface area contributed by atoms with Gasteiger partial charge in [0, 0.05) is 23.5 Å². The molecule has 2 fully saturated rings. The first-order chi connectivity index (χ1) is 21.7. The van der Waals surface area contributed by atoms with Crippen molar-refractivity contribution in [3.63, 3.8) is 0 Å². The highest BCUT2D eigenvalue weighted by Gasteiger charge is 2.74. The number of amides is 3. The minimum atomic E-state index is -1.00. The van der Waals surface area contributed by atoms with Gasteiger partial charge >= 0.3 is 0 Å². The molecular formula is C34H38N6O4S. The zero-order valence-corrected chi connectivity index (χ0v) is 26.5. The Morgan fingerprint density at radius 2 is 1.67 bits per heavy atom. The molecule has 3 amide bonds. The highest BCUT2D eigenvalue weighted by Crippen LogP contribution is 2.66. The number of carbonyl (C=O) groups is 3. The highest BCUT2D eigenvalue weighted by molar-refractivity contribution is 8.02. The maximum atomic E-state index is 14.9. The molecule has 4 aliphatic heterocycles. The summed E-state index contributed by atoms with van der Waals surface area (Å²) in [6.07, 6.45) is 8.57. The Labute approximate surface area is 266 Å². The minimum Gasteiger partial charge on any atom is -0.394 e. The quantitative estimate of drug-likeness (QED) is 0.400. The molecule has 1 spiro atoms. The van der Waals surface area contributed by atoms with Crippen molar-refractivity contribution in [3.05, 3.63) is 78.9 Å². The summed E-state index contributed by atoms with van der Waals surface area (Å²) in [5.41, 5.74) is 2.31. The number of thioether (sulfide) groups is 1. The van der Waals surface area contributed by atoms with E-state index in [-0.39, 0.29) is 36.9 Å². The van der Waals surface area contributed by atoms with Crippen LogP contribution in [0, 0.1) is 17.8 Å². The molecule has 2 aromatic carbocycles. The van der Waals surface area contributed by atoms with E-state index in [4.69, 9.17) is 0 Å². The van der Waals surface area contributed by atoms with Crippen LogP contribution in [0.2, 0.25) is 0 Å². The first kappa shape index (κ1) is 29.7. The number of hydrogen-bond donors (Lipinski definition) is 1. The molecule has 3 aromatic rings. The van der Waals surface area contributed by atoms with Gasteiger partial charge in [-0.15, -0.1) is 16.9 Å². The van der Waals surface area contributed by atoms with Gasteiger partial charge in [-0.2, -0.15) is 0 Å². The summed E-state index contributed by atoms with van der Waals surface area (Å²) >= 11 is 1.55. The van der Waals surface area contributed by atoms with Gasteiger partial charge in [-0.25, -0.2) is 4.68 Å². The van der Waals surface area contributed by atoms with Gasteiger partial charge in [0.15, 0.2) is 0 Å². The molecule has 11 heteroatoms. The lowest BCUT2D eigenvalue weighted by atomic mass is 9.74. The number of nitrogens with zero attached hydrogens (tertiary/aromatic N) is 6. The smallest absolute Gasteiger partial charge is 0.248 e. The molecule has 1 unspecified atom stereocenters.